The number of nitrogens with zero attached hydrogens (tertiary/aromatic N) is 3. The summed E-state index contributed by atoms with van der Waals surface area (Å²) in [4.78, 5) is 42.1. The second-order valence-electron chi connectivity index (χ2n) is 8.21. The SMILES string of the molecule is CCOC(=O)C1=C(C)N=c2s/c(=C/c3cccc([N+](=O)[O-])c3[O-])c(=O)n2[C@@H]1c1cc(OC)c(OC)c(OC)c1. The number of methoxy groups -OCH3 is 3. The number of fused-ring (bicyclic) bond motifs is 1. The monoisotopic (exact) mass is 554 g/mol. The highest BCUT2D eigenvalue weighted by atomic mass is 32.1. The molecule has 0 spiro atoms. The fourth-order valence-electron chi connectivity index (χ4n) is 4.31. The highest BCUT2D eigenvalue weighted by molar-refractivity contribution is 7.07. The van der Waals surface area contributed by atoms with Crippen LogP contribution in [0.5, 0.6) is 23.0 Å². The Morgan fingerprint density at radius 1 is 1.18 bits per heavy atom. The lowest BCUT2D eigenvalue weighted by Gasteiger charge is -2.26. The molecule has 0 unspecified atom stereocenters. The second-order valence-corrected chi connectivity index (χ2v) is 9.22. The van der Waals surface area contributed by atoms with E-state index in [2.05, 4.69) is 4.99 Å². The summed E-state index contributed by atoms with van der Waals surface area (Å²) in [6.07, 6.45) is 1.29. The van der Waals surface area contributed by atoms with Gasteiger partial charge in [-0.3, -0.25) is 19.5 Å². The quantitative estimate of drug-likeness (QED) is 0.230. The van der Waals surface area contributed by atoms with Gasteiger partial charge in [0, 0.05) is 6.07 Å². The third-order valence-corrected chi connectivity index (χ3v) is 7.01. The van der Waals surface area contributed by atoms with Crippen molar-refractivity contribution in [1.29, 1.82) is 0 Å². The van der Waals surface area contributed by atoms with Gasteiger partial charge in [0.1, 0.15) is 0 Å². The fourth-order valence-corrected chi connectivity index (χ4v) is 5.34. The molecule has 1 aromatic heterocycles. The number of ether oxygens (including phenoxy) is 4. The lowest BCUT2D eigenvalue weighted by atomic mass is 9.95. The maximum Gasteiger partial charge on any atom is 0.338 e. The van der Waals surface area contributed by atoms with Crippen molar-refractivity contribution in [2.75, 3.05) is 27.9 Å². The maximum atomic E-state index is 13.8. The van der Waals surface area contributed by atoms with Crippen molar-refractivity contribution in [1.82, 2.24) is 4.57 Å². The molecule has 0 N–H and O–H groups in total. The van der Waals surface area contributed by atoms with E-state index in [4.69, 9.17) is 18.9 Å². The number of carbonyl (C=O) groups is 1. The van der Waals surface area contributed by atoms with E-state index in [1.165, 1.54) is 44.1 Å². The molecule has 0 fully saturated rings. The summed E-state index contributed by atoms with van der Waals surface area (Å²) in [5.41, 5.74) is -0.274. The minimum Gasteiger partial charge on any atom is -0.867 e. The van der Waals surface area contributed by atoms with Crippen molar-refractivity contribution >= 4 is 29.1 Å². The number of para-hydroxylation sites is 1. The molecule has 0 aliphatic carbocycles. The minimum absolute atomic E-state index is 0.0277. The molecule has 1 atom stereocenters. The fraction of sp³-hybridized carbons (Fsp3) is 0.269. The Morgan fingerprint density at radius 3 is 2.41 bits per heavy atom. The molecular weight excluding hydrogens is 530 g/mol. The zero-order valence-electron chi connectivity index (χ0n) is 21.7. The first kappa shape index (κ1) is 27.4. The summed E-state index contributed by atoms with van der Waals surface area (Å²) in [5, 5.41) is 23.8. The number of thiazole rings is 1. The van der Waals surface area contributed by atoms with Crippen LogP contribution in [0.2, 0.25) is 0 Å². The Hall–Kier alpha value is -4.65. The van der Waals surface area contributed by atoms with Gasteiger partial charge in [-0.05, 0) is 48.9 Å². The highest BCUT2D eigenvalue weighted by Crippen LogP contribution is 2.42. The Bertz CT molecular complexity index is 1660. The Balaban J connectivity index is 2.03. The van der Waals surface area contributed by atoms with Gasteiger partial charge in [-0.25, -0.2) is 9.79 Å². The van der Waals surface area contributed by atoms with Crippen LogP contribution in [0.25, 0.3) is 6.08 Å². The molecule has 204 valence electrons. The van der Waals surface area contributed by atoms with Crippen LogP contribution in [0.4, 0.5) is 5.69 Å². The Labute approximate surface area is 225 Å². The molecule has 12 nitrogen and oxygen atoms in total. The van der Waals surface area contributed by atoms with Gasteiger partial charge < -0.3 is 24.1 Å². The largest absolute Gasteiger partial charge is 0.867 e. The molecule has 3 aromatic rings. The number of hydrogen-bond acceptors (Lipinski definition) is 11. The minimum atomic E-state index is -0.993. The van der Waals surface area contributed by atoms with Crippen LogP contribution in [0, 0.1) is 10.1 Å². The number of hydrogen-bond donors (Lipinski definition) is 0. The van der Waals surface area contributed by atoms with E-state index in [0.717, 1.165) is 17.4 Å². The first-order valence-corrected chi connectivity index (χ1v) is 12.4. The molecule has 39 heavy (non-hydrogen) atoms. The second kappa shape index (κ2) is 11.0. The number of esters is 1. The lowest BCUT2D eigenvalue weighted by Crippen LogP contribution is -2.40. The zero-order valence-corrected chi connectivity index (χ0v) is 22.5. The third-order valence-electron chi connectivity index (χ3n) is 6.03. The molecule has 0 radical (unpaired) electrons. The number of carbonyl (C=O) groups excluding carboxylic acids is 1. The molecule has 13 heteroatoms. The zero-order chi connectivity index (χ0) is 28.4. The molecule has 1 aliphatic heterocycles. The van der Waals surface area contributed by atoms with Crippen molar-refractivity contribution < 1.29 is 33.8 Å². The number of nitro benzene ring substituents is 1. The first-order chi connectivity index (χ1) is 18.7. The van der Waals surface area contributed by atoms with E-state index < -0.39 is 33.9 Å². The van der Waals surface area contributed by atoms with Crippen LogP contribution in [0.3, 0.4) is 0 Å². The number of rotatable bonds is 8. The van der Waals surface area contributed by atoms with Crippen LogP contribution in [-0.4, -0.2) is 43.4 Å². The average molecular weight is 555 g/mol. The molecular formula is C26H24N3O9S-. The highest BCUT2D eigenvalue weighted by Gasteiger charge is 2.34. The van der Waals surface area contributed by atoms with Crippen LogP contribution >= 0.6 is 11.3 Å². The summed E-state index contributed by atoms with van der Waals surface area (Å²) in [7, 11) is 4.34. The predicted molar refractivity (Wildman–Crippen MR) is 139 cm³/mol. The molecule has 0 bridgehead atoms. The molecule has 1 aliphatic rings. The summed E-state index contributed by atoms with van der Waals surface area (Å²) >= 11 is 0.983. The van der Waals surface area contributed by atoms with E-state index in [1.54, 1.807) is 26.0 Å². The molecule has 4 rings (SSSR count). The van der Waals surface area contributed by atoms with Crippen molar-refractivity contribution in [3.63, 3.8) is 0 Å². The van der Waals surface area contributed by atoms with E-state index in [0.29, 0.717) is 28.5 Å². The van der Waals surface area contributed by atoms with E-state index in [1.807, 2.05) is 0 Å². The van der Waals surface area contributed by atoms with E-state index in [-0.39, 0.29) is 27.1 Å². The first-order valence-electron chi connectivity index (χ1n) is 11.6. The summed E-state index contributed by atoms with van der Waals surface area (Å²) < 4.78 is 23.1. The van der Waals surface area contributed by atoms with Crippen LogP contribution < -0.4 is 34.2 Å². The van der Waals surface area contributed by atoms with Gasteiger partial charge in [0.2, 0.25) is 5.75 Å². The molecule has 2 heterocycles. The van der Waals surface area contributed by atoms with Crippen molar-refractivity contribution in [3.8, 4) is 23.0 Å². The van der Waals surface area contributed by atoms with Gasteiger partial charge in [-0.1, -0.05) is 23.5 Å². The summed E-state index contributed by atoms with van der Waals surface area (Å²) in [5.74, 6) is -0.549. The lowest BCUT2D eigenvalue weighted by molar-refractivity contribution is -0.398. The molecule has 0 saturated carbocycles. The third kappa shape index (κ3) is 4.83. The van der Waals surface area contributed by atoms with E-state index >= 15 is 0 Å². The van der Waals surface area contributed by atoms with Gasteiger partial charge in [0.25, 0.3) is 11.2 Å². The van der Waals surface area contributed by atoms with Crippen LogP contribution in [-0.2, 0) is 9.53 Å². The van der Waals surface area contributed by atoms with Gasteiger partial charge in [0.05, 0.1) is 54.7 Å². The van der Waals surface area contributed by atoms with E-state index in [9.17, 15) is 24.8 Å². The van der Waals surface area contributed by atoms with Crippen molar-refractivity contribution in [2.45, 2.75) is 19.9 Å². The van der Waals surface area contributed by atoms with Crippen LogP contribution in [0.1, 0.15) is 31.0 Å². The van der Waals surface area contributed by atoms with Crippen molar-refractivity contribution in [3.05, 3.63) is 82.5 Å². The van der Waals surface area contributed by atoms with Gasteiger partial charge in [-0.2, -0.15) is 0 Å². The Kier molecular flexibility index (Phi) is 7.72. The maximum absolute atomic E-state index is 13.8. The van der Waals surface area contributed by atoms with Crippen LogP contribution in [0.15, 0.2) is 51.4 Å². The Morgan fingerprint density at radius 2 is 1.85 bits per heavy atom. The molecule has 0 saturated heterocycles. The molecule has 2 aromatic carbocycles. The number of aromatic nitrogens is 1. The van der Waals surface area contributed by atoms with Gasteiger partial charge in [-0.15, -0.1) is 0 Å². The van der Waals surface area contributed by atoms with Crippen molar-refractivity contribution in [2.24, 2.45) is 4.99 Å². The summed E-state index contributed by atoms with van der Waals surface area (Å²) in [6.45, 7) is 3.39. The molecule has 0 amide bonds. The normalized spacial score (nSPS) is 14.9. The van der Waals surface area contributed by atoms with Gasteiger partial charge >= 0.3 is 5.97 Å². The van der Waals surface area contributed by atoms with Gasteiger partial charge in [0.15, 0.2) is 16.3 Å². The number of allylic oxidation sites excluding steroid dienone is 1. The number of nitro groups is 1. The topological polar surface area (TPSA) is 155 Å². The average Bonchev–Trinajstić information content (AvgIpc) is 3.21. The number of benzene rings is 2. The standard InChI is InChI=1S/C26H25N3O9S/c1-6-38-25(32)20-13(2)27-26-28(21(20)15-10-17(35-3)23(37-5)18(11-15)36-4)24(31)19(39-26)12-14-8-7-9-16(22(14)30)29(33)34/h7-12,21,30H,6H2,1-5H3/p-1/b19-12+/t21-/m1/s1. The smallest absolute Gasteiger partial charge is 0.338 e. The summed E-state index contributed by atoms with van der Waals surface area (Å²) in [6, 6.07) is 6.10. The predicted octanol–water partition coefficient (Wildman–Crippen LogP) is 1.81.